The van der Waals surface area contributed by atoms with Gasteiger partial charge in [0.1, 0.15) is 11.5 Å². The molecular weight excluding hydrogens is 304 g/mol. The van der Waals surface area contributed by atoms with Crippen molar-refractivity contribution in [1.82, 2.24) is 0 Å². The Bertz CT molecular complexity index is 750. The van der Waals surface area contributed by atoms with Gasteiger partial charge in [-0.15, -0.1) is 0 Å². The first-order valence-electron chi connectivity index (χ1n) is 7.92. The molecule has 128 valence electrons. The summed E-state index contributed by atoms with van der Waals surface area (Å²) in [7, 11) is 1.58. The van der Waals surface area contributed by atoms with E-state index in [1.165, 1.54) is 0 Å². The summed E-state index contributed by atoms with van der Waals surface area (Å²) in [5.41, 5.74) is 4.97. The summed E-state index contributed by atoms with van der Waals surface area (Å²) >= 11 is 0. The van der Waals surface area contributed by atoms with Gasteiger partial charge in [-0.1, -0.05) is 23.8 Å². The van der Waals surface area contributed by atoms with Crippen LogP contribution in [0.2, 0.25) is 0 Å². The number of aliphatic carboxylic acids is 1. The molecule has 0 aliphatic rings. The van der Waals surface area contributed by atoms with Gasteiger partial charge in [-0.25, -0.2) is 4.79 Å². The lowest BCUT2D eigenvalue weighted by molar-refractivity contribution is -0.145. The summed E-state index contributed by atoms with van der Waals surface area (Å²) in [6.45, 7) is 7.87. The Morgan fingerprint density at radius 1 is 1.04 bits per heavy atom. The number of hydrogen-bond acceptors (Lipinski definition) is 3. The first kappa shape index (κ1) is 17.9. The zero-order chi connectivity index (χ0) is 17.9. The smallest absolute Gasteiger partial charge is 0.345 e. The molecule has 2 aromatic carbocycles. The minimum absolute atomic E-state index is 0.243. The van der Waals surface area contributed by atoms with Crippen molar-refractivity contribution in [3.05, 3.63) is 58.1 Å². The van der Waals surface area contributed by atoms with Crippen LogP contribution in [0.15, 0.2) is 30.3 Å². The van der Waals surface area contributed by atoms with Crippen LogP contribution in [-0.2, 0) is 11.2 Å². The van der Waals surface area contributed by atoms with Gasteiger partial charge in [-0.05, 0) is 62.1 Å². The average molecular weight is 328 g/mol. The molecule has 0 aromatic heterocycles. The SMILES string of the molecule is COc1ccc(C)cc1C[C@H](Oc1cc(C)cc(C)c1C)C(=O)O. The van der Waals surface area contributed by atoms with Crippen LogP contribution >= 0.6 is 0 Å². The number of rotatable bonds is 6. The van der Waals surface area contributed by atoms with Crippen LogP contribution in [0.4, 0.5) is 0 Å². The van der Waals surface area contributed by atoms with Gasteiger partial charge in [0.15, 0.2) is 6.10 Å². The fourth-order valence-electron chi connectivity index (χ4n) is 2.72. The second-order valence-corrected chi connectivity index (χ2v) is 6.17. The molecule has 0 spiro atoms. The molecule has 0 unspecified atom stereocenters. The average Bonchev–Trinajstić information content (AvgIpc) is 2.51. The molecule has 0 aliphatic carbocycles. The van der Waals surface area contributed by atoms with Crippen molar-refractivity contribution in [3.63, 3.8) is 0 Å². The highest BCUT2D eigenvalue weighted by atomic mass is 16.5. The van der Waals surface area contributed by atoms with Gasteiger partial charge in [-0.2, -0.15) is 0 Å². The molecule has 0 bridgehead atoms. The predicted molar refractivity (Wildman–Crippen MR) is 94.1 cm³/mol. The molecule has 1 atom stereocenters. The molecule has 24 heavy (non-hydrogen) atoms. The van der Waals surface area contributed by atoms with E-state index < -0.39 is 12.1 Å². The number of ether oxygens (including phenoxy) is 2. The largest absolute Gasteiger partial charge is 0.496 e. The van der Waals surface area contributed by atoms with Crippen molar-refractivity contribution in [2.75, 3.05) is 7.11 Å². The van der Waals surface area contributed by atoms with Crippen molar-refractivity contribution in [2.45, 2.75) is 40.2 Å². The van der Waals surface area contributed by atoms with Crippen molar-refractivity contribution >= 4 is 5.97 Å². The molecule has 2 aromatic rings. The molecular formula is C20H24O4. The molecule has 0 aliphatic heterocycles. The van der Waals surface area contributed by atoms with E-state index >= 15 is 0 Å². The summed E-state index contributed by atoms with van der Waals surface area (Å²) in [5.74, 6) is 0.302. The number of methoxy groups -OCH3 is 1. The summed E-state index contributed by atoms with van der Waals surface area (Å²) in [4.78, 5) is 11.7. The molecule has 4 nitrogen and oxygen atoms in total. The first-order valence-corrected chi connectivity index (χ1v) is 7.92. The lowest BCUT2D eigenvalue weighted by Crippen LogP contribution is -2.30. The number of carboxylic acid groups (broad SMARTS) is 1. The van der Waals surface area contributed by atoms with E-state index in [0.717, 1.165) is 27.8 Å². The van der Waals surface area contributed by atoms with Crippen LogP contribution in [0.5, 0.6) is 11.5 Å². The molecule has 0 fully saturated rings. The second kappa shape index (κ2) is 7.39. The maximum absolute atomic E-state index is 11.7. The van der Waals surface area contributed by atoms with E-state index in [0.29, 0.717) is 11.5 Å². The van der Waals surface area contributed by atoms with E-state index in [9.17, 15) is 9.90 Å². The van der Waals surface area contributed by atoms with Crippen molar-refractivity contribution < 1.29 is 19.4 Å². The second-order valence-electron chi connectivity index (χ2n) is 6.17. The predicted octanol–water partition coefficient (Wildman–Crippen LogP) is 4.00. The van der Waals surface area contributed by atoms with E-state index in [1.807, 2.05) is 52.0 Å². The molecule has 2 rings (SSSR count). The Balaban J connectivity index is 2.32. The lowest BCUT2D eigenvalue weighted by atomic mass is 10.0. The van der Waals surface area contributed by atoms with Gasteiger partial charge < -0.3 is 14.6 Å². The van der Waals surface area contributed by atoms with E-state index in [2.05, 4.69) is 6.07 Å². The highest BCUT2D eigenvalue weighted by molar-refractivity contribution is 5.73. The maximum Gasteiger partial charge on any atom is 0.345 e. The maximum atomic E-state index is 11.7. The molecule has 0 heterocycles. The molecule has 0 radical (unpaired) electrons. The summed E-state index contributed by atoms with van der Waals surface area (Å²) < 4.78 is 11.2. The first-order chi connectivity index (χ1) is 11.3. The number of aryl methyl sites for hydroxylation is 3. The van der Waals surface area contributed by atoms with Crippen LogP contribution in [-0.4, -0.2) is 24.3 Å². The highest BCUT2D eigenvalue weighted by Crippen LogP contribution is 2.27. The van der Waals surface area contributed by atoms with Crippen LogP contribution in [0, 0.1) is 27.7 Å². The number of carboxylic acids is 1. The monoisotopic (exact) mass is 328 g/mol. The zero-order valence-electron chi connectivity index (χ0n) is 14.8. The molecule has 1 N–H and O–H groups in total. The third-order valence-corrected chi connectivity index (χ3v) is 4.15. The third kappa shape index (κ3) is 4.07. The number of hydrogen-bond donors (Lipinski definition) is 1. The van der Waals surface area contributed by atoms with Crippen molar-refractivity contribution in [2.24, 2.45) is 0 Å². The zero-order valence-corrected chi connectivity index (χ0v) is 14.8. The fourth-order valence-corrected chi connectivity index (χ4v) is 2.72. The number of benzene rings is 2. The van der Waals surface area contributed by atoms with Gasteiger partial charge >= 0.3 is 5.97 Å². The topological polar surface area (TPSA) is 55.8 Å². The van der Waals surface area contributed by atoms with Gasteiger partial charge in [-0.3, -0.25) is 0 Å². The van der Waals surface area contributed by atoms with Crippen LogP contribution < -0.4 is 9.47 Å². The molecule has 0 amide bonds. The van der Waals surface area contributed by atoms with E-state index in [4.69, 9.17) is 9.47 Å². The number of carbonyl (C=O) groups is 1. The Labute approximate surface area is 143 Å². The van der Waals surface area contributed by atoms with Gasteiger partial charge in [0, 0.05) is 6.42 Å². The lowest BCUT2D eigenvalue weighted by Gasteiger charge is -2.19. The van der Waals surface area contributed by atoms with Gasteiger partial charge in [0.2, 0.25) is 0 Å². The van der Waals surface area contributed by atoms with Crippen LogP contribution in [0.1, 0.15) is 27.8 Å². The van der Waals surface area contributed by atoms with Crippen LogP contribution in [0.25, 0.3) is 0 Å². The Kier molecular flexibility index (Phi) is 5.50. The normalized spacial score (nSPS) is 11.9. The highest BCUT2D eigenvalue weighted by Gasteiger charge is 2.23. The summed E-state index contributed by atoms with van der Waals surface area (Å²) in [6.07, 6.45) is -0.729. The van der Waals surface area contributed by atoms with Crippen molar-refractivity contribution in [1.29, 1.82) is 0 Å². The Morgan fingerprint density at radius 3 is 2.38 bits per heavy atom. The Morgan fingerprint density at radius 2 is 1.75 bits per heavy atom. The quantitative estimate of drug-likeness (QED) is 0.870. The fraction of sp³-hybridized carbons (Fsp3) is 0.350. The van der Waals surface area contributed by atoms with Crippen molar-refractivity contribution in [3.8, 4) is 11.5 Å². The summed E-state index contributed by atoms with van der Waals surface area (Å²) in [5, 5.41) is 9.59. The third-order valence-electron chi connectivity index (χ3n) is 4.15. The van der Waals surface area contributed by atoms with E-state index in [1.54, 1.807) is 7.11 Å². The minimum Gasteiger partial charge on any atom is -0.496 e. The van der Waals surface area contributed by atoms with Crippen LogP contribution in [0.3, 0.4) is 0 Å². The standard InChI is InChI=1S/C20H24O4/c1-12-6-7-17(23-5)16(9-12)11-19(20(21)22)24-18-10-13(2)8-14(3)15(18)4/h6-10,19H,11H2,1-5H3,(H,21,22)/t19-/m0/s1. The van der Waals surface area contributed by atoms with Gasteiger partial charge in [0.05, 0.1) is 7.11 Å². The van der Waals surface area contributed by atoms with Gasteiger partial charge in [0.25, 0.3) is 0 Å². The minimum atomic E-state index is -0.989. The van der Waals surface area contributed by atoms with E-state index in [-0.39, 0.29) is 6.42 Å². The molecule has 0 saturated carbocycles. The summed E-state index contributed by atoms with van der Waals surface area (Å²) in [6, 6.07) is 9.67. The molecule has 4 heteroatoms. The molecule has 0 saturated heterocycles. The Hall–Kier alpha value is -2.49.